The van der Waals surface area contributed by atoms with Crippen molar-refractivity contribution in [2.45, 2.75) is 6.92 Å². The molecule has 0 amide bonds. The first-order chi connectivity index (χ1) is 9.49. The molecule has 0 saturated heterocycles. The monoisotopic (exact) mass is 353 g/mol. The molecule has 2 N–H and O–H groups in total. The molecule has 3 rings (SSSR count). The molecule has 3 nitrogen and oxygen atoms in total. The first-order valence-corrected chi connectivity index (χ1v) is 7.04. The van der Waals surface area contributed by atoms with E-state index in [9.17, 15) is 4.39 Å². The zero-order valence-corrected chi connectivity index (χ0v) is 12.8. The van der Waals surface area contributed by atoms with Crippen LogP contribution in [0.2, 0.25) is 5.02 Å². The fraction of sp³-hybridized carbons (Fsp3) is 0.0714. The Balaban J connectivity index is 2.39. The summed E-state index contributed by atoms with van der Waals surface area (Å²) in [6, 6.07) is 8.59. The molecular formula is C14H10BrClFN3. The second-order valence-corrected chi connectivity index (χ2v) is 5.67. The lowest BCUT2D eigenvalue weighted by atomic mass is 10.2. The van der Waals surface area contributed by atoms with Crippen LogP contribution in [-0.2, 0) is 0 Å². The number of aromatic nitrogens is 2. The van der Waals surface area contributed by atoms with Crippen molar-refractivity contribution < 1.29 is 4.39 Å². The number of hydrogen-bond donors (Lipinski definition) is 1. The van der Waals surface area contributed by atoms with Crippen LogP contribution in [0.5, 0.6) is 0 Å². The number of imidazole rings is 1. The first-order valence-electron chi connectivity index (χ1n) is 5.87. The molecule has 0 spiro atoms. The van der Waals surface area contributed by atoms with Gasteiger partial charge in [-0.05, 0) is 40.5 Å². The number of hydrogen-bond acceptors (Lipinski definition) is 2. The molecule has 3 aromatic rings. The standard InChI is InChI=1S/C14H10BrClFN3/c1-7-3-2-4-11(13(7)15)20-12-6-9(17)8(16)5-10(12)19-14(20)18/h2-6H,1H3,(H2,18,19). The Morgan fingerprint density at radius 3 is 2.85 bits per heavy atom. The van der Waals surface area contributed by atoms with E-state index in [1.165, 1.54) is 12.1 Å². The van der Waals surface area contributed by atoms with Gasteiger partial charge >= 0.3 is 0 Å². The SMILES string of the molecule is Cc1cccc(-n2c(N)nc3cc(Cl)c(F)cc32)c1Br. The van der Waals surface area contributed by atoms with E-state index >= 15 is 0 Å². The summed E-state index contributed by atoms with van der Waals surface area (Å²) in [5.41, 5.74) is 8.97. The number of nitrogens with zero attached hydrogens (tertiary/aromatic N) is 2. The molecule has 0 atom stereocenters. The zero-order valence-electron chi connectivity index (χ0n) is 10.5. The second-order valence-electron chi connectivity index (χ2n) is 4.47. The van der Waals surface area contributed by atoms with Crippen LogP contribution in [0.1, 0.15) is 5.56 Å². The summed E-state index contributed by atoms with van der Waals surface area (Å²) < 4.78 is 16.3. The Bertz CT molecular complexity index is 829. The maximum Gasteiger partial charge on any atom is 0.205 e. The molecule has 0 bridgehead atoms. The van der Waals surface area contributed by atoms with Crippen molar-refractivity contribution in [3.8, 4) is 5.69 Å². The van der Waals surface area contributed by atoms with Crippen molar-refractivity contribution in [3.63, 3.8) is 0 Å². The summed E-state index contributed by atoms with van der Waals surface area (Å²) in [6.45, 7) is 1.97. The first kappa shape index (κ1) is 13.4. The highest BCUT2D eigenvalue weighted by molar-refractivity contribution is 9.10. The summed E-state index contributed by atoms with van der Waals surface area (Å²) >= 11 is 9.31. The topological polar surface area (TPSA) is 43.8 Å². The Hall–Kier alpha value is -1.59. The molecule has 0 unspecified atom stereocenters. The van der Waals surface area contributed by atoms with Gasteiger partial charge < -0.3 is 5.73 Å². The van der Waals surface area contributed by atoms with E-state index in [-0.39, 0.29) is 11.0 Å². The van der Waals surface area contributed by atoms with Crippen LogP contribution in [0.15, 0.2) is 34.8 Å². The number of nitrogen functional groups attached to an aromatic ring is 1. The van der Waals surface area contributed by atoms with E-state index in [1.807, 2.05) is 25.1 Å². The van der Waals surface area contributed by atoms with Gasteiger partial charge in [-0.1, -0.05) is 23.7 Å². The number of halogens is 3. The average Bonchev–Trinajstić information content (AvgIpc) is 2.69. The van der Waals surface area contributed by atoms with Gasteiger partial charge in [0.2, 0.25) is 5.95 Å². The largest absolute Gasteiger partial charge is 0.369 e. The number of rotatable bonds is 1. The van der Waals surface area contributed by atoms with Crippen LogP contribution in [-0.4, -0.2) is 9.55 Å². The zero-order chi connectivity index (χ0) is 14.4. The minimum atomic E-state index is -0.496. The van der Waals surface area contributed by atoms with Gasteiger partial charge in [0.05, 0.1) is 21.7 Å². The van der Waals surface area contributed by atoms with E-state index in [1.54, 1.807) is 4.57 Å². The van der Waals surface area contributed by atoms with Crippen molar-refractivity contribution in [2.75, 3.05) is 5.73 Å². The van der Waals surface area contributed by atoms with Crippen molar-refractivity contribution in [3.05, 3.63) is 51.2 Å². The van der Waals surface area contributed by atoms with E-state index in [2.05, 4.69) is 20.9 Å². The number of nitrogens with two attached hydrogens (primary N) is 1. The lowest BCUT2D eigenvalue weighted by Crippen LogP contribution is -2.02. The van der Waals surface area contributed by atoms with Crippen molar-refractivity contribution in [2.24, 2.45) is 0 Å². The van der Waals surface area contributed by atoms with E-state index < -0.39 is 5.82 Å². The highest BCUT2D eigenvalue weighted by Gasteiger charge is 2.15. The van der Waals surface area contributed by atoms with Crippen LogP contribution in [0, 0.1) is 12.7 Å². The van der Waals surface area contributed by atoms with E-state index in [0.717, 1.165) is 15.7 Å². The minimum Gasteiger partial charge on any atom is -0.369 e. The van der Waals surface area contributed by atoms with Crippen LogP contribution >= 0.6 is 27.5 Å². The maximum absolute atomic E-state index is 13.7. The van der Waals surface area contributed by atoms with E-state index in [4.69, 9.17) is 17.3 Å². The Morgan fingerprint density at radius 1 is 1.35 bits per heavy atom. The molecule has 0 saturated carbocycles. The number of fused-ring (bicyclic) bond motifs is 1. The summed E-state index contributed by atoms with van der Waals surface area (Å²) in [4.78, 5) is 4.23. The van der Waals surface area contributed by atoms with Gasteiger partial charge in [0.15, 0.2) is 0 Å². The quantitative estimate of drug-likeness (QED) is 0.700. The molecule has 102 valence electrons. The van der Waals surface area contributed by atoms with Crippen LogP contribution < -0.4 is 5.73 Å². The molecule has 6 heteroatoms. The predicted molar refractivity (Wildman–Crippen MR) is 82.9 cm³/mol. The third kappa shape index (κ3) is 1.98. The smallest absolute Gasteiger partial charge is 0.205 e. The summed E-state index contributed by atoms with van der Waals surface area (Å²) in [5.74, 6) is -0.211. The van der Waals surface area contributed by atoms with Gasteiger partial charge in [0, 0.05) is 10.5 Å². The van der Waals surface area contributed by atoms with Crippen LogP contribution in [0.3, 0.4) is 0 Å². The highest BCUT2D eigenvalue weighted by atomic mass is 79.9. The maximum atomic E-state index is 13.7. The van der Waals surface area contributed by atoms with Crippen LogP contribution in [0.4, 0.5) is 10.3 Å². The fourth-order valence-corrected chi connectivity index (χ4v) is 2.75. The van der Waals surface area contributed by atoms with Gasteiger partial charge in [-0.3, -0.25) is 4.57 Å². The molecule has 0 fully saturated rings. The minimum absolute atomic E-state index is 0.0328. The molecule has 0 radical (unpaired) electrons. The third-order valence-corrected chi connectivity index (χ3v) is 4.46. The molecule has 20 heavy (non-hydrogen) atoms. The van der Waals surface area contributed by atoms with Gasteiger partial charge in [-0.15, -0.1) is 0 Å². The van der Waals surface area contributed by atoms with Gasteiger partial charge in [-0.25, -0.2) is 9.37 Å². The van der Waals surface area contributed by atoms with Crippen molar-refractivity contribution >= 4 is 44.5 Å². The fourth-order valence-electron chi connectivity index (χ4n) is 2.15. The Labute approximate surface area is 128 Å². The predicted octanol–water partition coefficient (Wildman–Crippen LogP) is 4.47. The van der Waals surface area contributed by atoms with E-state index in [0.29, 0.717) is 11.0 Å². The lowest BCUT2D eigenvalue weighted by molar-refractivity contribution is 0.629. The molecule has 0 aliphatic rings. The Morgan fingerprint density at radius 2 is 2.10 bits per heavy atom. The average molecular weight is 355 g/mol. The molecule has 1 aromatic heterocycles. The molecular weight excluding hydrogens is 345 g/mol. The van der Waals surface area contributed by atoms with Crippen molar-refractivity contribution in [1.29, 1.82) is 0 Å². The number of aryl methyl sites for hydroxylation is 1. The molecule has 0 aliphatic heterocycles. The Kier molecular flexibility index (Phi) is 3.18. The van der Waals surface area contributed by atoms with Gasteiger partial charge in [-0.2, -0.15) is 0 Å². The second kappa shape index (κ2) is 4.75. The molecule has 0 aliphatic carbocycles. The lowest BCUT2D eigenvalue weighted by Gasteiger charge is -2.10. The summed E-state index contributed by atoms with van der Waals surface area (Å²) in [7, 11) is 0. The number of benzene rings is 2. The van der Waals surface area contributed by atoms with Gasteiger partial charge in [0.1, 0.15) is 5.82 Å². The summed E-state index contributed by atoms with van der Waals surface area (Å²) in [6.07, 6.45) is 0. The normalized spacial score (nSPS) is 11.2. The molecule has 2 aromatic carbocycles. The number of anilines is 1. The van der Waals surface area contributed by atoms with Gasteiger partial charge in [0.25, 0.3) is 0 Å². The summed E-state index contributed by atoms with van der Waals surface area (Å²) in [5, 5.41) is 0.0328. The third-order valence-electron chi connectivity index (χ3n) is 3.13. The molecule has 1 heterocycles. The van der Waals surface area contributed by atoms with Crippen LogP contribution in [0.25, 0.3) is 16.7 Å². The highest BCUT2D eigenvalue weighted by Crippen LogP contribution is 2.32. The van der Waals surface area contributed by atoms with Crippen molar-refractivity contribution in [1.82, 2.24) is 9.55 Å².